The fourth-order valence-corrected chi connectivity index (χ4v) is 4.76. The first kappa shape index (κ1) is 17.2. The van der Waals surface area contributed by atoms with Gasteiger partial charge >= 0.3 is 0 Å². The van der Waals surface area contributed by atoms with Crippen LogP contribution in [0, 0.1) is 0 Å². The molecule has 1 atom stereocenters. The van der Waals surface area contributed by atoms with Crippen LogP contribution in [0.2, 0.25) is 0 Å². The minimum Gasteiger partial charge on any atom is -0.361 e. The number of hydrogen-bond donors (Lipinski definition) is 0. The van der Waals surface area contributed by atoms with E-state index in [2.05, 4.69) is 5.16 Å². The lowest BCUT2D eigenvalue weighted by Gasteiger charge is -2.22. The lowest BCUT2D eigenvalue weighted by atomic mass is 9.93. The summed E-state index contributed by atoms with van der Waals surface area (Å²) in [5, 5.41) is 4.07. The molecule has 5 nitrogen and oxygen atoms in total. The summed E-state index contributed by atoms with van der Waals surface area (Å²) in [5.41, 5.74) is 1.68. The number of benzene rings is 1. The van der Waals surface area contributed by atoms with Gasteiger partial charge in [0, 0.05) is 17.5 Å². The molecule has 0 amide bonds. The molecule has 3 rings (SSSR count). The van der Waals surface area contributed by atoms with Crippen LogP contribution in [0.1, 0.15) is 44.2 Å². The standard InChI is InChI=1S/C18H24N2O3S/c1-18(2,3)17-12-15(19-23-17)13-20-16(9-10-24(20,21)22)11-14-7-5-4-6-8-14/h4-8,12,16H,9-11,13H2,1-3H3. The van der Waals surface area contributed by atoms with Crippen molar-refractivity contribution in [1.82, 2.24) is 9.46 Å². The Morgan fingerprint density at radius 3 is 2.58 bits per heavy atom. The lowest BCUT2D eigenvalue weighted by Crippen LogP contribution is -2.34. The third-order valence-corrected chi connectivity index (χ3v) is 6.30. The summed E-state index contributed by atoms with van der Waals surface area (Å²) in [4.78, 5) is 0. The Kier molecular flexibility index (Phi) is 4.53. The summed E-state index contributed by atoms with van der Waals surface area (Å²) in [6.07, 6.45) is 1.38. The molecule has 2 heterocycles. The largest absolute Gasteiger partial charge is 0.361 e. The van der Waals surface area contributed by atoms with Crippen LogP contribution in [0.5, 0.6) is 0 Å². The van der Waals surface area contributed by atoms with E-state index in [0.717, 1.165) is 17.7 Å². The zero-order chi connectivity index (χ0) is 17.4. The normalized spacial score (nSPS) is 21.2. The molecule has 0 spiro atoms. The summed E-state index contributed by atoms with van der Waals surface area (Å²) >= 11 is 0. The van der Waals surface area contributed by atoms with Gasteiger partial charge in [0.2, 0.25) is 10.0 Å². The van der Waals surface area contributed by atoms with Gasteiger partial charge in [0.1, 0.15) is 5.76 Å². The maximum atomic E-state index is 12.4. The second kappa shape index (κ2) is 6.33. The first-order chi connectivity index (χ1) is 11.3. The number of rotatable bonds is 4. The Hall–Kier alpha value is -1.66. The van der Waals surface area contributed by atoms with Crippen LogP contribution in [-0.2, 0) is 28.4 Å². The Balaban J connectivity index is 1.79. The molecule has 1 unspecified atom stereocenters. The third-order valence-electron chi connectivity index (χ3n) is 4.40. The molecule has 1 aliphatic rings. The highest BCUT2D eigenvalue weighted by Crippen LogP contribution is 2.28. The monoisotopic (exact) mass is 348 g/mol. The average molecular weight is 348 g/mol. The molecule has 6 heteroatoms. The highest BCUT2D eigenvalue weighted by molar-refractivity contribution is 7.89. The van der Waals surface area contributed by atoms with E-state index in [9.17, 15) is 8.42 Å². The predicted octanol–water partition coefficient (Wildman–Crippen LogP) is 3.12. The van der Waals surface area contributed by atoms with Crippen molar-refractivity contribution >= 4 is 10.0 Å². The van der Waals surface area contributed by atoms with Gasteiger partial charge < -0.3 is 4.52 Å². The second-order valence-electron chi connectivity index (χ2n) is 7.43. The van der Waals surface area contributed by atoms with Crippen LogP contribution in [0.4, 0.5) is 0 Å². The van der Waals surface area contributed by atoms with Crippen molar-refractivity contribution in [2.75, 3.05) is 5.75 Å². The van der Waals surface area contributed by atoms with Crippen molar-refractivity contribution in [2.24, 2.45) is 0 Å². The minimum absolute atomic E-state index is 0.0211. The molecule has 0 bridgehead atoms. The molecular formula is C18H24N2O3S. The van der Waals surface area contributed by atoms with Gasteiger partial charge in [0.15, 0.2) is 0 Å². The zero-order valence-corrected chi connectivity index (χ0v) is 15.2. The topological polar surface area (TPSA) is 63.4 Å². The van der Waals surface area contributed by atoms with Crippen molar-refractivity contribution in [3.05, 3.63) is 53.4 Å². The SMILES string of the molecule is CC(C)(C)c1cc(CN2C(Cc3ccccc3)CCS2(=O)=O)no1. The second-order valence-corrected chi connectivity index (χ2v) is 9.47. The highest BCUT2D eigenvalue weighted by Gasteiger charge is 2.38. The van der Waals surface area contributed by atoms with E-state index in [1.807, 2.05) is 57.2 Å². The number of hydrogen-bond acceptors (Lipinski definition) is 4. The molecular weight excluding hydrogens is 324 g/mol. The van der Waals surface area contributed by atoms with Gasteiger partial charge in [-0.05, 0) is 18.4 Å². The highest BCUT2D eigenvalue weighted by atomic mass is 32.2. The maximum absolute atomic E-state index is 12.4. The summed E-state index contributed by atoms with van der Waals surface area (Å²) in [7, 11) is -3.23. The number of aromatic nitrogens is 1. The van der Waals surface area contributed by atoms with Crippen LogP contribution >= 0.6 is 0 Å². The first-order valence-electron chi connectivity index (χ1n) is 8.25. The van der Waals surface area contributed by atoms with Crippen molar-refractivity contribution in [3.63, 3.8) is 0 Å². The van der Waals surface area contributed by atoms with Gasteiger partial charge in [-0.15, -0.1) is 0 Å². The van der Waals surface area contributed by atoms with Gasteiger partial charge in [-0.25, -0.2) is 8.42 Å². The van der Waals surface area contributed by atoms with Crippen molar-refractivity contribution in [3.8, 4) is 0 Å². The van der Waals surface area contributed by atoms with E-state index >= 15 is 0 Å². The van der Waals surface area contributed by atoms with E-state index in [1.165, 1.54) is 0 Å². The van der Waals surface area contributed by atoms with Gasteiger partial charge in [-0.3, -0.25) is 0 Å². The maximum Gasteiger partial charge on any atom is 0.214 e. The van der Waals surface area contributed by atoms with Gasteiger partial charge in [-0.2, -0.15) is 4.31 Å². The van der Waals surface area contributed by atoms with Gasteiger partial charge in [0.25, 0.3) is 0 Å². The smallest absolute Gasteiger partial charge is 0.214 e. The van der Waals surface area contributed by atoms with Crippen LogP contribution in [0.25, 0.3) is 0 Å². The number of nitrogens with zero attached hydrogens (tertiary/aromatic N) is 2. The van der Waals surface area contributed by atoms with Crippen molar-refractivity contribution in [2.45, 2.75) is 51.6 Å². The Morgan fingerprint density at radius 2 is 1.96 bits per heavy atom. The van der Waals surface area contributed by atoms with E-state index in [0.29, 0.717) is 12.1 Å². The summed E-state index contributed by atoms with van der Waals surface area (Å²) in [5.74, 6) is 0.975. The van der Waals surface area contributed by atoms with Crippen LogP contribution in [0.3, 0.4) is 0 Å². The molecule has 1 aromatic heterocycles. The van der Waals surface area contributed by atoms with E-state index < -0.39 is 10.0 Å². The quantitative estimate of drug-likeness (QED) is 0.851. The molecule has 0 aliphatic carbocycles. The summed E-state index contributed by atoms with van der Waals surface area (Å²) in [6.45, 7) is 6.41. The fraction of sp³-hybridized carbons (Fsp3) is 0.500. The molecule has 2 aromatic rings. The Bertz CT molecular complexity index is 791. The first-order valence-corrected chi connectivity index (χ1v) is 9.86. The predicted molar refractivity (Wildman–Crippen MR) is 93.1 cm³/mol. The Morgan fingerprint density at radius 1 is 1.25 bits per heavy atom. The molecule has 130 valence electrons. The lowest BCUT2D eigenvalue weighted by molar-refractivity contribution is 0.304. The van der Waals surface area contributed by atoms with E-state index in [-0.39, 0.29) is 23.8 Å². The molecule has 24 heavy (non-hydrogen) atoms. The van der Waals surface area contributed by atoms with Crippen molar-refractivity contribution in [1.29, 1.82) is 0 Å². The molecule has 1 fully saturated rings. The molecule has 1 saturated heterocycles. The fourth-order valence-electron chi connectivity index (χ4n) is 2.99. The van der Waals surface area contributed by atoms with Gasteiger partial charge in [-0.1, -0.05) is 56.3 Å². The Labute approximate surface area is 143 Å². The minimum atomic E-state index is -3.23. The number of sulfonamides is 1. The van der Waals surface area contributed by atoms with Crippen molar-refractivity contribution < 1.29 is 12.9 Å². The average Bonchev–Trinajstić information content (AvgIpc) is 3.08. The third kappa shape index (κ3) is 3.70. The molecule has 1 aromatic carbocycles. The van der Waals surface area contributed by atoms with Crippen LogP contribution in [-0.4, -0.2) is 29.7 Å². The molecule has 0 N–H and O–H groups in total. The van der Waals surface area contributed by atoms with E-state index in [4.69, 9.17) is 4.52 Å². The molecule has 0 saturated carbocycles. The van der Waals surface area contributed by atoms with Crippen LogP contribution < -0.4 is 0 Å². The summed E-state index contributed by atoms with van der Waals surface area (Å²) in [6, 6.07) is 11.9. The molecule has 0 radical (unpaired) electrons. The van der Waals surface area contributed by atoms with Gasteiger partial charge in [0.05, 0.1) is 18.0 Å². The summed E-state index contributed by atoms with van der Waals surface area (Å²) < 4.78 is 31.9. The van der Waals surface area contributed by atoms with Crippen LogP contribution in [0.15, 0.2) is 40.9 Å². The van der Waals surface area contributed by atoms with E-state index in [1.54, 1.807) is 4.31 Å². The molecule has 1 aliphatic heterocycles. The zero-order valence-electron chi connectivity index (χ0n) is 14.4.